The van der Waals surface area contributed by atoms with Crippen LogP contribution in [0, 0.1) is 10.1 Å². The lowest BCUT2D eigenvalue weighted by Crippen LogP contribution is -2.14. The zero-order valence-electron chi connectivity index (χ0n) is 9.84. The van der Waals surface area contributed by atoms with E-state index < -0.39 is 10.8 Å². The molecule has 0 saturated carbocycles. The molecule has 0 aliphatic heterocycles. The molecule has 0 fully saturated rings. The summed E-state index contributed by atoms with van der Waals surface area (Å²) >= 11 is 8.87. The molecule has 1 aromatic carbocycles. The molecule has 1 N–H and O–H groups in total. The van der Waals surface area contributed by atoms with Crippen LogP contribution in [0.1, 0.15) is 10.5 Å². The summed E-state index contributed by atoms with van der Waals surface area (Å²) in [7, 11) is 0. The molecule has 0 unspecified atom stereocenters. The van der Waals surface area contributed by atoms with Crippen LogP contribution in [0.15, 0.2) is 40.9 Å². The van der Waals surface area contributed by atoms with Gasteiger partial charge in [0.1, 0.15) is 10.8 Å². The molecule has 0 aliphatic rings. The third-order valence-electron chi connectivity index (χ3n) is 2.36. The fraction of sp³-hybridized carbons (Fsp3) is 0. The quantitative estimate of drug-likeness (QED) is 0.516. The van der Waals surface area contributed by atoms with Crippen LogP contribution in [0.5, 0.6) is 0 Å². The Balaban J connectivity index is 2.22. The number of rotatable bonds is 3. The zero-order valence-corrected chi connectivity index (χ0v) is 12.2. The highest BCUT2D eigenvalue weighted by atomic mass is 79.9. The summed E-state index contributed by atoms with van der Waals surface area (Å²) in [6.45, 7) is 0. The van der Waals surface area contributed by atoms with E-state index in [2.05, 4.69) is 26.2 Å². The minimum atomic E-state index is -0.519. The van der Waals surface area contributed by atoms with Gasteiger partial charge in [0, 0.05) is 16.6 Å². The largest absolute Gasteiger partial charge is 0.320 e. The number of aromatic nitrogens is 1. The summed E-state index contributed by atoms with van der Waals surface area (Å²) in [5.41, 5.74) is 0.487. The van der Waals surface area contributed by atoms with Crippen LogP contribution in [0.25, 0.3) is 0 Å². The number of halogens is 2. The molecule has 1 amide bonds. The van der Waals surface area contributed by atoms with E-state index in [1.165, 1.54) is 24.3 Å². The van der Waals surface area contributed by atoms with Crippen LogP contribution in [0.4, 0.5) is 11.4 Å². The normalized spacial score (nSPS) is 10.1. The average molecular weight is 357 g/mol. The molecule has 2 aromatic rings. The number of non-ortho nitro benzene ring substituents is 1. The van der Waals surface area contributed by atoms with E-state index in [0.717, 1.165) is 0 Å². The van der Waals surface area contributed by atoms with Gasteiger partial charge in [-0.25, -0.2) is 4.98 Å². The second-order valence-corrected chi connectivity index (χ2v) is 4.96. The number of carbonyl (C=O) groups is 1. The van der Waals surface area contributed by atoms with E-state index in [4.69, 9.17) is 11.6 Å². The van der Waals surface area contributed by atoms with Crippen molar-refractivity contribution in [3.63, 3.8) is 0 Å². The van der Waals surface area contributed by atoms with Crippen molar-refractivity contribution in [2.45, 2.75) is 0 Å². The Kier molecular flexibility index (Phi) is 4.31. The Hall–Kier alpha value is -1.99. The van der Waals surface area contributed by atoms with Gasteiger partial charge < -0.3 is 5.32 Å². The van der Waals surface area contributed by atoms with Gasteiger partial charge in [-0.15, -0.1) is 0 Å². The molecular weight excluding hydrogens is 350 g/mol. The summed E-state index contributed by atoms with van der Waals surface area (Å²) in [6, 6.07) is 8.72. The van der Waals surface area contributed by atoms with Gasteiger partial charge in [0.2, 0.25) is 0 Å². The number of pyridine rings is 1. The number of nitrogens with one attached hydrogen (secondary N) is 1. The van der Waals surface area contributed by atoms with E-state index >= 15 is 0 Å². The highest BCUT2D eigenvalue weighted by Crippen LogP contribution is 2.27. The Bertz CT molecular complexity index is 693. The van der Waals surface area contributed by atoms with Crippen molar-refractivity contribution in [3.05, 3.63) is 61.8 Å². The van der Waals surface area contributed by atoms with Crippen LogP contribution in [-0.2, 0) is 0 Å². The SMILES string of the molecule is O=C(Nc1ccc([N+](=O)[O-])cc1Br)c1cccc(Cl)n1. The van der Waals surface area contributed by atoms with Gasteiger partial charge in [-0.1, -0.05) is 17.7 Å². The van der Waals surface area contributed by atoms with Crippen molar-refractivity contribution in [1.29, 1.82) is 0 Å². The first kappa shape index (κ1) is 14.4. The molecule has 1 aromatic heterocycles. The number of carbonyl (C=O) groups excluding carboxylic acids is 1. The van der Waals surface area contributed by atoms with Gasteiger partial charge in [0.25, 0.3) is 11.6 Å². The molecule has 2 rings (SSSR count). The Labute approximate surface area is 127 Å². The van der Waals surface area contributed by atoms with Crippen molar-refractivity contribution in [2.24, 2.45) is 0 Å². The van der Waals surface area contributed by atoms with Crippen LogP contribution >= 0.6 is 27.5 Å². The van der Waals surface area contributed by atoms with Gasteiger partial charge in [-0.2, -0.15) is 0 Å². The maximum Gasteiger partial charge on any atom is 0.274 e. The first-order chi connectivity index (χ1) is 9.47. The summed E-state index contributed by atoms with van der Waals surface area (Å²) < 4.78 is 0.405. The molecule has 0 spiro atoms. The number of nitro benzene ring substituents is 1. The molecule has 0 atom stereocenters. The maximum atomic E-state index is 12.0. The van der Waals surface area contributed by atoms with Crippen LogP contribution in [0.3, 0.4) is 0 Å². The Morgan fingerprint density at radius 3 is 2.70 bits per heavy atom. The van der Waals surface area contributed by atoms with Gasteiger partial charge in [0.15, 0.2) is 0 Å². The Morgan fingerprint density at radius 2 is 2.10 bits per heavy atom. The molecule has 1 heterocycles. The van der Waals surface area contributed by atoms with Gasteiger partial charge in [-0.3, -0.25) is 14.9 Å². The summed E-state index contributed by atoms with van der Waals surface area (Å²) in [6.07, 6.45) is 0. The number of anilines is 1. The predicted octanol–water partition coefficient (Wildman–Crippen LogP) is 3.66. The number of hydrogen-bond acceptors (Lipinski definition) is 4. The standard InChI is InChI=1S/C12H7BrClN3O3/c13-8-6-7(17(19)20)4-5-9(8)16-12(18)10-2-1-3-11(14)15-10/h1-6H,(H,16,18). The number of nitrogens with zero attached hydrogens (tertiary/aromatic N) is 2. The highest BCUT2D eigenvalue weighted by molar-refractivity contribution is 9.10. The second-order valence-electron chi connectivity index (χ2n) is 3.72. The van der Waals surface area contributed by atoms with E-state index in [0.29, 0.717) is 10.2 Å². The van der Waals surface area contributed by atoms with Crippen LogP contribution in [-0.4, -0.2) is 15.8 Å². The lowest BCUT2D eigenvalue weighted by atomic mass is 10.2. The monoisotopic (exact) mass is 355 g/mol. The minimum Gasteiger partial charge on any atom is -0.320 e. The number of hydrogen-bond donors (Lipinski definition) is 1. The fourth-order valence-corrected chi connectivity index (χ4v) is 2.07. The van der Waals surface area contributed by atoms with E-state index in [9.17, 15) is 14.9 Å². The molecule has 6 nitrogen and oxygen atoms in total. The first-order valence-corrected chi connectivity index (χ1v) is 6.52. The molecule has 0 radical (unpaired) electrons. The second kappa shape index (κ2) is 5.98. The predicted molar refractivity (Wildman–Crippen MR) is 78.0 cm³/mol. The van der Waals surface area contributed by atoms with Crippen molar-refractivity contribution in [2.75, 3.05) is 5.32 Å². The van der Waals surface area contributed by atoms with Gasteiger partial charge >= 0.3 is 0 Å². The first-order valence-electron chi connectivity index (χ1n) is 5.35. The van der Waals surface area contributed by atoms with E-state index in [1.807, 2.05) is 0 Å². The highest BCUT2D eigenvalue weighted by Gasteiger charge is 2.13. The number of amides is 1. The van der Waals surface area contributed by atoms with Crippen LogP contribution in [0.2, 0.25) is 5.15 Å². The molecule has 102 valence electrons. The molecule has 20 heavy (non-hydrogen) atoms. The van der Waals surface area contributed by atoms with E-state index in [-0.39, 0.29) is 16.5 Å². The van der Waals surface area contributed by atoms with Gasteiger partial charge in [-0.05, 0) is 34.1 Å². The number of nitro groups is 1. The minimum absolute atomic E-state index is 0.0734. The topological polar surface area (TPSA) is 85.1 Å². The molecular formula is C12H7BrClN3O3. The smallest absolute Gasteiger partial charge is 0.274 e. The maximum absolute atomic E-state index is 12.0. The Morgan fingerprint density at radius 1 is 1.35 bits per heavy atom. The van der Waals surface area contributed by atoms with Gasteiger partial charge in [0.05, 0.1) is 10.6 Å². The number of benzene rings is 1. The molecule has 8 heteroatoms. The third kappa shape index (κ3) is 3.31. The average Bonchev–Trinajstić information content (AvgIpc) is 2.40. The van der Waals surface area contributed by atoms with E-state index in [1.54, 1.807) is 12.1 Å². The molecule has 0 saturated heterocycles. The molecule has 0 aliphatic carbocycles. The van der Waals surface area contributed by atoms with Crippen LogP contribution < -0.4 is 5.32 Å². The fourth-order valence-electron chi connectivity index (χ4n) is 1.44. The van der Waals surface area contributed by atoms with Crippen molar-refractivity contribution < 1.29 is 9.72 Å². The lowest BCUT2D eigenvalue weighted by molar-refractivity contribution is -0.384. The summed E-state index contributed by atoms with van der Waals surface area (Å²) in [5, 5.41) is 13.4. The van der Waals surface area contributed by atoms with Crippen molar-refractivity contribution in [1.82, 2.24) is 4.98 Å². The summed E-state index contributed by atoms with van der Waals surface area (Å²) in [4.78, 5) is 25.9. The summed E-state index contributed by atoms with van der Waals surface area (Å²) in [5.74, 6) is -0.456. The van der Waals surface area contributed by atoms with Crippen molar-refractivity contribution in [3.8, 4) is 0 Å². The molecule has 0 bridgehead atoms. The zero-order chi connectivity index (χ0) is 14.7. The van der Waals surface area contributed by atoms with Crippen molar-refractivity contribution >= 4 is 44.8 Å². The third-order valence-corrected chi connectivity index (χ3v) is 3.23. The lowest BCUT2D eigenvalue weighted by Gasteiger charge is -2.06.